The van der Waals surface area contributed by atoms with Gasteiger partial charge in [0.1, 0.15) is 12.0 Å². The number of nitrogens with zero attached hydrogens (tertiary/aromatic N) is 2. The Morgan fingerprint density at radius 1 is 1.09 bits per heavy atom. The van der Waals surface area contributed by atoms with E-state index in [9.17, 15) is 0 Å². The fourth-order valence-electron chi connectivity index (χ4n) is 1.56. The minimum atomic E-state index is -0.138. The summed E-state index contributed by atoms with van der Waals surface area (Å²) in [4.78, 5) is 8.25. The molecule has 6 nitrogen and oxygen atoms in total. The lowest BCUT2D eigenvalue weighted by atomic mass is 10.1. The number of aromatic nitrogens is 2. The Morgan fingerprint density at radius 2 is 1.77 bits per heavy atom. The van der Waals surface area contributed by atoms with Crippen molar-refractivity contribution in [3.8, 4) is 0 Å². The Hall–Kier alpha value is -1.76. The van der Waals surface area contributed by atoms with Crippen LogP contribution in [0.5, 0.6) is 0 Å². The van der Waals surface area contributed by atoms with Crippen molar-refractivity contribution in [2.75, 3.05) is 16.5 Å². The maximum Gasteiger partial charge on any atom is 0.169 e. The van der Waals surface area contributed by atoms with Crippen LogP contribution in [0, 0.1) is 0 Å². The van der Waals surface area contributed by atoms with E-state index in [2.05, 4.69) is 26.1 Å². The lowest BCUT2D eigenvalue weighted by molar-refractivity contribution is 0.464. The molecule has 0 saturated heterocycles. The smallest absolute Gasteiger partial charge is 0.169 e. The fourth-order valence-corrected chi connectivity index (χ4v) is 1.90. The molecule has 118 valence electrons. The van der Waals surface area contributed by atoms with Crippen molar-refractivity contribution in [1.82, 2.24) is 15.4 Å². The molecule has 0 bridgehead atoms. The standard InChI is InChI=1S/C14H18Cl2N6/c1-14(2,3)22-21-13-11(17)12(18-7-19-13)20-10-6-8(15)4-5-9(10)16/h4-7,22H,17H2,1-3H3,(H2,18,19,20,21). The van der Waals surface area contributed by atoms with Crippen LogP contribution in [0.15, 0.2) is 24.5 Å². The third-order valence-corrected chi connectivity index (χ3v) is 3.19. The van der Waals surface area contributed by atoms with Crippen molar-refractivity contribution < 1.29 is 0 Å². The predicted octanol–water partition coefficient (Wildman–Crippen LogP) is 3.82. The summed E-state index contributed by atoms with van der Waals surface area (Å²) >= 11 is 12.1. The van der Waals surface area contributed by atoms with Crippen molar-refractivity contribution in [1.29, 1.82) is 0 Å². The van der Waals surface area contributed by atoms with E-state index in [0.29, 0.717) is 33.1 Å². The normalized spacial score (nSPS) is 11.3. The van der Waals surface area contributed by atoms with Crippen molar-refractivity contribution in [3.63, 3.8) is 0 Å². The summed E-state index contributed by atoms with van der Waals surface area (Å²) in [6, 6.07) is 5.11. The van der Waals surface area contributed by atoms with E-state index >= 15 is 0 Å². The quantitative estimate of drug-likeness (QED) is 0.632. The Kier molecular flexibility index (Phi) is 4.95. The molecule has 1 heterocycles. The van der Waals surface area contributed by atoms with Gasteiger partial charge in [-0.15, -0.1) is 0 Å². The summed E-state index contributed by atoms with van der Waals surface area (Å²) in [6.45, 7) is 6.05. The zero-order valence-corrected chi connectivity index (χ0v) is 14.0. The van der Waals surface area contributed by atoms with Gasteiger partial charge in [0, 0.05) is 10.6 Å². The Bertz CT molecular complexity index is 669. The minimum absolute atomic E-state index is 0.138. The predicted molar refractivity (Wildman–Crippen MR) is 92.7 cm³/mol. The van der Waals surface area contributed by atoms with E-state index in [1.165, 1.54) is 6.33 Å². The third kappa shape index (κ3) is 4.37. The molecule has 0 spiro atoms. The summed E-state index contributed by atoms with van der Waals surface area (Å²) in [6.07, 6.45) is 1.41. The topological polar surface area (TPSA) is 87.9 Å². The van der Waals surface area contributed by atoms with E-state index in [4.69, 9.17) is 28.9 Å². The number of rotatable bonds is 4. The summed E-state index contributed by atoms with van der Waals surface area (Å²) in [5.74, 6) is 0.919. The zero-order chi connectivity index (χ0) is 16.3. The first-order valence-electron chi connectivity index (χ1n) is 6.62. The van der Waals surface area contributed by atoms with Crippen LogP contribution < -0.4 is 21.9 Å². The summed E-state index contributed by atoms with van der Waals surface area (Å²) in [7, 11) is 0. The van der Waals surface area contributed by atoms with Gasteiger partial charge in [0.2, 0.25) is 0 Å². The molecule has 0 radical (unpaired) electrons. The lowest BCUT2D eigenvalue weighted by Crippen LogP contribution is -2.40. The zero-order valence-electron chi connectivity index (χ0n) is 12.5. The van der Waals surface area contributed by atoms with Crippen molar-refractivity contribution in [3.05, 3.63) is 34.6 Å². The van der Waals surface area contributed by atoms with Crippen molar-refractivity contribution in [2.24, 2.45) is 0 Å². The molecule has 0 aliphatic carbocycles. The van der Waals surface area contributed by atoms with Crippen molar-refractivity contribution in [2.45, 2.75) is 26.3 Å². The number of hydrazine groups is 1. The Labute approximate surface area is 139 Å². The summed E-state index contributed by atoms with van der Waals surface area (Å²) in [5.41, 5.74) is 13.0. The number of benzene rings is 1. The van der Waals surface area contributed by atoms with Gasteiger partial charge >= 0.3 is 0 Å². The SMILES string of the molecule is CC(C)(C)NNc1ncnc(Nc2cc(Cl)ccc2Cl)c1N. The fraction of sp³-hybridized carbons (Fsp3) is 0.286. The van der Waals surface area contributed by atoms with E-state index in [1.807, 2.05) is 20.8 Å². The van der Waals surface area contributed by atoms with Crippen LogP contribution >= 0.6 is 23.2 Å². The number of hydrogen-bond acceptors (Lipinski definition) is 6. The van der Waals surface area contributed by atoms with Gasteiger partial charge in [0.05, 0.1) is 10.7 Å². The average Bonchev–Trinajstić information content (AvgIpc) is 2.43. The second-order valence-electron chi connectivity index (χ2n) is 5.73. The lowest BCUT2D eigenvalue weighted by Gasteiger charge is -2.22. The van der Waals surface area contributed by atoms with Gasteiger partial charge in [-0.3, -0.25) is 0 Å². The minimum Gasteiger partial charge on any atom is -0.393 e. The van der Waals surface area contributed by atoms with E-state index < -0.39 is 0 Å². The molecular formula is C14H18Cl2N6. The molecule has 0 saturated carbocycles. The number of nitrogens with one attached hydrogen (secondary N) is 3. The number of nitrogens with two attached hydrogens (primary N) is 1. The molecule has 0 unspecified atom stereocenters. The first-order valence-corrected chi connectivity index (χ1v) is 7.37. The first kappa shape index (κ1) is 16.6. The molecule has 2 rings (SSSR count). The monoisotopic (exact) mass is 340 g/mol. The largest absolute Gasteiger partial charge is 0.393 e. The molecule has 0 amide bonds. The molecule has 0 aliphatic rings. The number of hydrogen-bond donors (Lipinski definition) is 4. The highest BCUT2D eigenvalue weighted by Crippen LogP contribution is 2.31. The highest BCUT2D eigenvalue weighted by molar-refractivity contribution is 6.35. The molecule has 0 atom stereocenters. The van der Waals surface area contributed by atoms with Crippen LogP contribution in [0.1, 0.15) is 20.8 Å². The first-order chi connectivity index (χ1) is 10.3. The van der Waals surface area contributed by atoms with E-state index in [0.717, 1.165) is 0 Å². The molecule has 22 heavy (non-hydrogen) atoms. The second-order valence-corrected chi connectivity index (χ2v) is 6.58. The van der Waals surface area contributed by atoms with Gasteiger partial charge < -0.3 is 16.5 Å². The molecule has 8 heteroatoms. The van der Waals surface area contributed by atoms with Crippen LogP contribution in [0.3, 0.4) is 0 Å². The second kappa shape index (κ2) is 6.56. The van der Waals surface area contributed by atoms with Crippen LogP contribution in [0.4, 0.5) is 23.0 Å². The van der Waals surface area contributed by atoms with Gasteiger partial charge in [-0.2, -0.15) is 0 Å². The molecule has 2 aromatic rings. The molecule has 5 N–H and O–H groups in total. The van der Waals surface area contributed by atoms with Crippen LogP contribution in [-0.2, 0) is 0 Å². The van der Waals surface area contributed by atoms with Gasteiger partial charge in [-0.1, -0.05) is 23.2 Å². The third-order valence-electron chi connectivity index (χ3n) is 2.62. The van der Waals surface area contributed by atoms with Gasteiger partial charge in [-0.25, -0.2) is 15.4 Å². The number of nitrogen functional groups attached to an aromatic ring is 1. The van der Waals surface area contributed by atoms with Crippen LogP contribution in [-0.4, -0.2) is 15.5 Å². The highest BCUT2D eigenvalue weighted by atomic mass is 35.5. The molecule has 1 aromatic heterocycles. The average molecular weight is 341 g/mol. The Morgan fingerprint density at radius 3 is 2.45 bits per heavy atom. The van der Waals surface area contributed by atoms with Crippen LogP contribution in [0.2, 0.25) is 10.0 Å². The number of anilines is 4. The Balaban J connectivity index is 2.23. The van der Waals surface area contributed by atoms with E-state index in [-0.39, 0.29) is 5.54 Å². The maximum absolute atomic E-state index is 6.13. The molecular weight excluding hydrogens is 323 g/mol. The van der Waals surface area contributed by atoms with E-state index in [1.54, 1.807) is 18.2 Å². The summed E-state index contributed by atoms with van der Waals surface area (Å²) < 4.78 is 0. The maximum atomic E-state index is 6.13. The highest BCUT2D eigenvalue weighted by Gasteiger charge is 2.13. The van der Waals surface area contributed by atoms with Gasteiger partial charge in [0.15, 0.2) is 11.6 Å². The molecule has 1 aromatic carbocycles. The molecule has 0 aliphatic heterocycles. The van der Waals surface area contributed by atoms with Crippen LogP contribution in [0.25, 0.3) is 0 Å². The summed E-state index contributed by atoms with van der Waals surface area (Å²) in [5, 5.41) is 4.14. The molecule has 0 fully saturated rings. The van der Waals surface area contributed by atoms with Crippen molar-refractivity contribution >= 4 is 46.2 Å². The number of halogens is 2. The van der Waals surface area contributed by atoms with Gasteiger partial charge in [-0.05, 0) is 39.0 Å². The van der Waals surface area contributed by atoms with Gasteiger partial charge in [0.25, 0.3) is 0 Å².